The summed E-state index contributed by atoms with van der Waals surface area (Å²) in [4.78, 5) is 3.02. The van der Waals surface area contributed by atoms with Gasteiger partial charge in [0, 0.05) is 30.6 Å². The van der Waals surface area contributed by atoms with E-state index in [0.29, 0.717) is 20.9 Å². The molecule has 0 unspecified atom stereocenters. The second-order valence-corrected chi connectivity index (χ2v) is 10.4. The molecule has 0 atom stereocenters. The molecular weight excluding hydrogens is 476 g/mol. The zero-order valence-corrected chi connectivity index (χ0v) is 19.9. The van der Waals surface area contributed by atoms with Crippen LogP contribution in [0.2, 0.25) is 0 Å². The van der Waals surface area contributed by atoms with Crippen LogP contribution in [0.4, 0.5) is 17.6 Å². The largest absolute Gasteiger partial charge is 0.203 e. The van der Waals surface area contributed by atoms with Crippen molar-refractivity contribution in [3.05, 3.63) is 106 Å². The van der Waals surface area contributed by atoms with Crippen LogP contribution in [0.3, 0.4) is 0 Å². The number of hydrogen-bond acceptors (Lipinski definition) is 2. The molecule has 0 aliphatic carbocycles. The van der Waals surface area contributed by atoms with Crippen LogP contribution < -0.4 is 0 Å². The first-order valence-corrected chi connectivity index (χ1v) is 12.2. The highest BCUT2D eigenvalue weighted by Gasteiger charge is 2.30. The van der Waals surface area contributed by atoms with E-state index in [2.05, 4.69) is 0 Å². The highest BCUT2D eigenvalue weighted by atomic mass is 32.1. The fourth-order valence-corrected chi connectivity index (χ4v) is 6.15. The van der Waals surface area contributed by atoms with Gasteiger partial charge in [-0.15, -0.1) is 22.7 Å². The third-order valence-electron chi connectivity index (χ3n) is 5.76. The van der Waals surface area contributed by atoms with Gasteiger partial charge in [-0.1, -0.05) is 60.7 Å². The zero-order chi connectivity index (χ0) is 24.0. The van der Waals surface area contributed by atoms with Crippen LogP contribution >= 0.6 is 22.7 Å². The van der Waals surface area contributed by atoms with Gasteiger partial charge >= 0.3 is 0 Å². The number of hydrogen-bond donors (Lipinski definition) is 0. The fourth-order valence-electron chi connectivity index (χ4n) is 4.09. The Morgan fingerprint density at radius 3 is 1.21 bits per heavy atom. The maximum Gasteiger partial charge on any atom is 0.198 e. The molecule has 0 saturated carbocycles. The lowest BCUT2D eigenvalue weighted by atomic mass is 9.92. The first-order chi connectivity index (χ1) is 16.4. The van der Waals surface area contributed by atoms with Gasteiger partial charge in [0.05, 0.1) is 0 Å². The Labute approximate surface area is 202 Å². The maximum absolute atomic E-state index is 15.4. The molecule has 3 aromatic carbocycles. The van der Waals surface area contributed by atoms with Crippen molar-refractivity contribution in [3.63, 3.8) is 0 Å². The Balaban J connectivity index is 1.77. The highest BCUT2D eigenvalue weighted by molar-refractivity contribution is 7.16. The van der Waals surface area contributed by atoms with E-state index in [1.807, 2.05) is 60.7 Å². The molecule has 2 heterocycles. The number of aryl methyl sites for hydroxylation is 2. The van der Waals surface area contributed by atoms with E-state index in [9.17, 15) is 8.78 Å². The topological polar surface area (TPSA) is 0 Å². The SMILES string of the molecule is Cc1sc(-c2ccccc2)cc1-c1c(F)c(F)c(F)c(F)c1-c1cc(-c2ccccc2)sc1C. The van der Waals surface area contributed by atoms with Crippen LogP contribution in [0.15, 0.2) is 72.8 Å². The monoisotopic (exact) mass is 494 g/mol. The van der Waals surface area contributed by atoms with E-state index in [1.165, 1.54) is 22.7 Å². The second kappa shape index (κ2) is 8.85. The van der Waals surface area contributed by atoms with Gasteiger partial charge < -0.3 is 0 Å². The predicted molar refractivity (Wildman–Crippen MR) is 133 cm³/mol. The number of thiophene rings is 2. The molecule has 0 amide bonds. The summed E-state index contributed by atoms with van der Waals surface area (Å²) >= 11 is 2.79. The summed E-state index contributed by atoms with van der Waals surface area (Å²) < 4.78 is 59.7. The predicted octanol–water partition coefficient (Wildman–Crippen LogP) is 9.65. The van der Waals surface area contributed by atoms with E-state index >= 15 is 8.78 Å². The lowest BCUT2D eigenvalue weighted by Gasteiger charge is -2.14. The first kappa shape index (κ1) is 22.6. The minimum Gasteiger partial charge on any atom is -0.203 e. The molecule has 0 fully saturated rings. The third kappa shape index (κ3) is 3.77. The molecule has 0 aliphatic rings. The summed E-state index contributed by atoms with van der Waals surface area (Å²) in [6.45, 7) is 3.54. The normalized spacial score (nSPS) is 11.2. The molecule has 0 saturated heterocycles. The van der Waals surface area contributed by atoms with E-state index in [1.54, 1.807) is 26.0 Å². The van der Waals surface area contributed by atoms with Crippen molar-refractivity contribution in [1.29, 1.82) is 0 Å². The number of rotatable bonds is 4. The molecule has 0 spiro atoms. The second-order valence-electron chi connectivity index (χ2n) is 7.90. The Morgan fingerprint density at radius 2 is 0.853 bits per heavy atom. The maximum atomic E-state index is 15.4. The molecule has 34 heavy (non-hydrogen) atoms. The Morgan fingerprint density at radius 1 is 0.500 bits per heavy atom. The summed E-state index contributed by atoms with van der Waals surface area (Å²) in [5, 5.41) is 0. The molecule has 5 aromatic rings. The number of halogens is 4. The van der Waals surface area contributed by atoms with Crippen LogP contribution in [0.5, 0.6) is 0 Å². The van der Waals surface area contributed by atoms with Crippen molar-refractivity contribution in [2.24, 2.45) is 0 Å². The lowest BCUT2D eigenvalue weighted by molar-refractivity contribution is 0.412. The van der Waals surface area contributed by atoms with E-state index in [4.69, 9.17) is 0 Å². The van der Waals surface area contributed by atoms with Gasteiger partial charge in [0.1, 0.15) is 0 Å². The van der Waals surface area contributed by atoms with Gasteiger partial charge in [0.15, 0.2) is 23.3 Å². The van der Waals surface area contributed by atoms with Gasteiger partial charge in [-0.2, -0.15) is 0 Å². The Bertz CT molecular complexity index is 1380. The molecule has 5 rings (SSSR count). The average molecular weight is 495 g/mol. The van der Waals surface area contributed by atoms with Crippen LogP contribution in [0.25, 0.3) is 43.1 Å². The minimum absolute atomic E-state index is 0.257. The van der Waals surface area contributed by atoms with Crippen molar-refractivity contribution < 1.29 is 17.6 Å². The standard InChI is InChI=1S/C28H18F4S2/c1-15-19(13-21(33-15)17-9-5-3-6-10-17)23-24(26(30)28(32)27(31)25(23)29)20-14-22(34-16(20)2)18-11-7-4-8-12-18/h3-14H,1-2H3. The van der Waals surface area contributed by atoms with E-state index in [0.717, 1.165) is 20.9 Å². The van der Waals surface area contributed by atoms with Crippen LogP contribution in [0.1, 0.15) is 9.75 Å². The lowest BCUT2D eigenvalue weighted by Crippen LogP contribution is -2.03. The quantitative estimate of drug-likeness (QED) is 0.133. The average Bonchev–Trinajstić information content (AvgIpc) is 3.43. The van der Waals surface area contributed by atoms with Crippen LogP contribution in [-0.4, -0.2) is 0 Å². The van der Waals surface area contributed by atoms with Gasteiger partial charge in [0.25, 0.3) is 0 Å². The molecule has 6 heteroatoms. The summed E-state index contributed by atoms with van der Waals surface area (Å²) in [5.74, 6) is -6.39. The van der Waals surface area contributed by atoms with Crippen LogP contribution in [-0.2, 0) is 0 Å². The van der Waals surface area contributed by atoms with Crippen LogP contribution in [0, 0.1) is 37.1 Å². The molecule has 0 radical (unpaired) electrons. The highest BCUT2D eigenvalue weighted by Crippen LogP contribution is 2.47. The van der Waals surface area contributed by atoms with Crippen molar-refractivity contribution in [2.45, 2.75) is 13.8 Å². The summed E-state index contributed by atoms with van der Waals surface area (Å²) in [7, 11) is 0. The van der Waals surface area contributed by atoms with Gasteiger partial charge in [-0.3, -0.25) is 0 Å². The molecule has 0 bridgehead atoms. The van der Waals surface area contributed by atoms with Crippen molar-refractivity contribution in [3.8, 4) is 43.1 Å². The Kier molecular flexibility index (Phi) is 5.88. The molecule has 0 aliphatic heterocycles. The van der Waals surface area contributed by atoms with E-state index < -0.39 is 23.3 Å². The summed E-state index contributed by atoms with van der Waals surface area (Å²) in [5.41, 5.74) is 2.00. The Hall–Kier alpha value is -3.22. The molecule has 2 aromatic heterocycles. The van der Waals surface area contributed by atoms with Crippen molar-refractivity contribution in [2.75, 3.05) is 0 Å². The summed E-state index contributed by atoms with van der Waals surface area (Å²) in [6, 6.07) is 22.4. The van der Waals surface area contributed by atoms with Crippen molar-refractivity contribution in [1.82, 2.24) is 0 Å². The third-order valence-corrected chi connectivity index (χ3v) is 7.96. The smallest absolute Gasteiger partial charge is 0.198 e. The van der Waals surface area contributed by atoms with Gasteiger partial charge in [-0.05, 0) is 48.2 Å². The molecule has 0 nitrogen and oxygen atoms in total. The molecule has 170 valence electrons. The zero-order valence-electron chi connectivity index (χ0n) is 18.3. The fraction of sp³-hybridized carbons (Fsp3) is 0.0714. The first-order valence-electron chi connectivity index (χ1n) is 10.5. The van der Waals surface area contributed by atoms with Gasteiger partial charge in [0.2, 0.25) is 0 Å². The molecular formula is C28H18F4S2. The minimum atomic E-state index is -1.81. The molecule has 0 N–H and O–H groups in total. The van der Waals surface area contributed by atoms with Crippen molar-refractivity contribution >= 4 is 22.7 Å². The van der Waals surface area contributed by atoms with E-state index in [-0.39, 0.29) is 11.1 Å². The summed E-state index contributed by atoms with van der Waals surface area (Å²) in [6.07, 6.45) is 0. The number of benzene rings is 3. The van der Waals surface area contributed by atoms with Gasteiger partial charge in [-0.25, -0.2) is 17.6 Å².